The van der Waals surface area contributed by atoms with Gasteiger partial charge < -0.3 is 10.2 Å². The van der Waals surface area contributed by atoms with Gasteiger partial charge in [0.05, 0.1) is 0 Å². The summed E-state index contributed by atoms with van der Waals surface area (Å²) >= 11 is 0. The van der Waals surface area contributed by atoms with Crippen LogP contribution in [0.25, 0.3) is 0 Å². The fourth-order valence-corrected chi connectivity index (χ4v) is 2.18. The normalized spacial score (nSPS) is 11.0. The van der Waals surface area contributed by atoms with Crippen molar-refractivity contribution in [2.75, 3.05) is 23.3 Å². The monoisotopic (exact) mass is 290 g/mol. The van der Waals surface area contributed by atoms with Crippen LogP contribution in [0.5, 0.6) is 0 Å². The van der Waals surface area contributed by atoms with E-state index in [1.807, 2.05) is 12.1 Å². The van der Waals surface area contributed by atoms with Crippen molar-refractivity contribution in [1.29, 1.82) is 0 Å². The maximum atomic E-state index is 11.2. The van der Waals surface area contributed by atoms with Gasteiger partial charge in [-0.1, -0.05) is 33.8 Å². The molecule has 0 aliphatic heterocycles. The number of anilines is 2. The van der Waals surface area contributed by atoms with Crippen LogP contribution in [-0.4, -0.2) is 19.0 Å². The molecular formula is C18H30N2O. The minimum atomic E-state index is -0.0249. The minimum absolute atomic E-state index is 0.0249. The zero-order chi connectivity index (χ0) is 15.8. The molecule has 0 unspecified atom stereocenters. The van der Waals surface area contributed by atoms with E-state index < -0.39 is 0 Å². The van der Waals surface area contributed by atoms with Crippen molar-refractivity contribution in [3.8, 4) is 0 Å². The van der Waals surface area contributed by atoms with Gasteiger partial charge in [0.25, 0.3) is 0 Å². The number of carbonyl (C=O) groups excluding carboxylic acids is 1. The van der Waals surface area contributed by atoms with E-state index in [4.69, 9.17) is 0 Å². The van der Waals surface area contributed by atoms with Crippen LogP contribution in [0.15, 0.2) is 24.3 Å². The van der Waals surface area contributed by atoms with Crippen LogP contribution in [0.2, 0.25) is 0 Å². The van der Waals surface area contributed by atoms with E-state index in [0.717, 1.165) is 18.8 Å². The highest BCUT2D eigenvalue weighted by Crippen LogP contribution is 2.21. The van der Waals surface area contributed by atoms with Gasteiger partial charge in [0, 0.05) is 31.4 Å². The molecule has 1 amide bonds. The van der Waals surface area contributed by atoms with Crippen LogP contribution < -0.4 is 10.2 Å². The zero-order valence-electron chi connectivity index (χ0n) is 14.1. The molecule has 1 aromatic rings. The highest BCUT2D eigenvalue weighted by Gasteiger charge is 2.09. The number of hydrogen-bond acceptors (Lipinski definition) is 2. The molecule has 21 heavy (non-hydrogen) atoms. The molecule has 0 aliphatic carbocycles. The van der Waals surface area contributed by atoms with Crippen LogP contribution in [0.1, 0.15) is 47.5 Å². The Bertz CT molecular complexity index is 429. The number of amides is 1. The largest absolute Gasteiger partial charge is 0.371 e. The first-order valence-electron chi connectivity index (χ1n) is 8.01. The average molecular weight is 290 g/mol. The second kappa shape index (κ2) is 8.71. The maximum Gasteiger partial charge on any atom is 0.221 e. The fourth-order valence-electron chi connectivity index (χ4n) is 2.18. The summed E-state index contributed by atoms with van der Waals surface area (Å²) in [6.45, 7) is 12.7. The molecule has 0 atom stereocenters. The van der Waals surface area contributed by atoms with E-state index in [0.29, 0.717) is 11.8 Å². The van der Waals surface area contributed by atoms with E-state index in [1.54, 1.807) is 6.92 Å². The Morgan fingerprint density at radius 3 is 2.14 bits per heavy atom. The molecular weight excluding hydrogens is 260 g/mol. The number of nitrogens with zero attached hydrogens (tertiary/aromatic N) is 1. The van der Waals surface area contributed by atoms with Gasteiger partial charge in [-0.15, -0.1) is 0 Å². The van der Waals surface area contributed by atoms with E-state index in [9.17, 15) is 4.79 Å². The van der Waals surface area contributed by atoms with Crippen LogP contribution in [-0.2, 0) is 4.79 Å². The van der Waals surface area contributed by atoms with Gasteiger partial charge in [0.1, 0.15) is 0 Å². The molecule has 0 bridgehead atoms. The van der Waals surface area contributed by atoms with Gasteiger partial charge in [-0.25, -0.2) is 0 Å². The molecule has 0 heterocycles. The molecule has 0 fully saturated rings. The second-order valence-corrected chi connectivity index (χ2v) is 6.58. The molecule has 0 aromatic heterocycles. The van der Waals surface area contributed by atoms with Gasteiger partial charge in [0.15, 0.2) is 0 Å². The number of carbonyl (C=O) groups is 1. The lowest BCUT2D eigenvalue weighted by Gasteiger charge is -2.27. The number of benzene rings is 1. The van der Waals surface area contributed by atoms with Crippen molar-refractivity contribution in [2.45, 2.75) is 47.5 Å². The quantitative estimate of drug-likeness (QED) is 0.762. The Labute approximate surface area is 129 Å². The predicted molar refractivity (Wildman–Crippen MR) is 91.9 cm³/mol. The van der Waals surface area contributed by atoms with Gasteiger partial charge >= 0.3 is 0 Å². The molecule has 3 nitrogen and oxygen atoms in total. The smallest absolute Gasteiger partial charge is 0.221 e. The third-order valence-electron chi connectivity index (χ3n) is 3.48. The van der Waals surface area contributed by atoms with Crippen molar-refractivity contribution >= 4 is 17.3 Å². The van der Waals surface area contributed by atoms with E-state index >= 15 is 0 Å². The van der Waals surface area contributed by atoms with E-state index in [1.165, 1.54) is 18.5 Å². The van der Waals surface area contributed by atoms with E-state index in [-0.39, 0.29) is 5.91 Å². The summed E-state index contributed by atoms with van der Waals surface area (Å²) in [5.74, 6) is 1.37. The molecule has 0 saturated carbocycles. The first kappa shape index (κ1) is 17.5. The summed E-state index contributed by atoms with van der Waals surface area (Å²) in [4.78, 5) is 13.6. The van der Waals surface area contributed by atoms with Crippen LogP contribution in [0.3, 0.4) is 0 Å². The summed E-state index contributed by atoms with van der Waals surface area (Å²) in [5.41, 5.74) is 2.07. The Morgan fingerprint density at radius 2 is 1.67 bits per heavy atom. The Kier molecular flexibility index (Phi) is 7.27. The van der Waals surface area contributed by atoms with Crippen molar-refractivity contribution in [3.05, 3.63) is 24.3 Å². The van der Waals surface area contributed by atoms with Crippen molar-refractivity contribution in [2.24, 2.45) is 11.8 Å². The fraction of sp³-hybridized carbons (Fsp3) is 0.611. The van der Waals surface area contributed by atoms with Crippen LogP contribution in [0.4, 0.5) is 11.4 Å². The molecule has 118 valence electrons. The Balaban J connectivity index is 2.82. The van der Waals surface area contributed by atoms with Crippen molar-refractivity contribution in [1.82, 2.24) is 0 Å². The minimum Gasteiger partial charge on any atom is -0.371 e. The molecule has 0 spiro atoms. The Morgan fingerprint density at radius 1 is 1.10 bits per heavy atom. The molecule has 1 rings (SSSR count). The lowest BCUT2D eigenvalue weighted by molar-refractivity contribution is -0.114. The molecule has 1 aromatic carbocycles. The lowest BCUT2D eigenvalue weighted by atomic mass is 10.1. The summed E-state index contributed by atoms with van der Waals surface area (Å²) in [6.07, 6.45) is 2.37. The van der Waals surface area contributed by atoms with Gasteiger partial charge in [-0.05, 0) is 42.9 Å². The number of rotatable bonds is 8. The van der Waals surface area contributed by atoms with Gasteiger partial charge in [-0.3, -0.25) is 4.79 Å². The topological polar surface area (TPSA) is 32.3 Å². The summed E-state index contributed by atoms with van der Waals surface area (Å²) in [5, 5.41) is 2.86. The van der Waals surface area contributed by atoms with Crippen LogP contribution in [0, 0.1) is 11.8 Å². The standard InChI is InChI=1S/C18H30N2O/c1-14(2)9-11-20(12-10-15(3)4)18-8-6-7-17(13-18)19-16(5)21/h6-8,13-15H,9-12H2,1-5H3,(H,19,21). The highest BCUT2D eigenvalue weighted by atomic mass is 16.1. The Hall–Kier alpha value is -1.51. The molecule has 0 aliphatic rings. The SMILES string of the molecule is CC(=O)Nc1cccc(N(CCC(C)C)CCC(C)C)c1. The van der Waals surface area contributed by atoms with Crippen molar-refractivity contribution in [3.63, 3.8) is 0 Å². The zero-order valence-corrected chi connectivity index (χ0v) is 14.1. The van der Waals surface area contributed by atoms with Crippen LogP contribution >= 0.6 is 0 Å². The third kappa shape index (κ3) is 7.16. The van der Waals surface area contributed by atoms with Gasteiger partial charge in [-0.2, -0.15) is 0 Å². The second-order valence-electron chi connectivity index (χ2n) is 6.58. The molecule has 1 N–H and O–H groups in total. The summed E-state index contributed by atoms with van der Waals surface area (Å²) in [6, 6.07) is 8.15. The summed E-state index contributed by atoms with van der Waals surface area (Å²) in [7, 11) is 0. The molecule has 0 radical (unpaired) electrons. The highest BCUT2D eigenvalue weighted by molar-refractivity contribution is 5.89. The number of nitrogens with one attached hydrogen (secondary N) is 1. The molecule has 3 heteroatoms. The predicted octanol–water partition coefficient (Wildman–Crippen LogP) is 4.54. The average Bonchev–Trinajstić information content (AvgIpc) is 2.37. The molecule has 0 saturated heterocycles. The first-order valence-corrected chi connectivity index (χ1v) is 8.01. The number of hydrogen-bond donors (Lipinski definition) is 1. The van der Waals surface area contributed by atoms with Crippen molar-refractivity contribution < 1.29 is 4.79 Å². The lowest BCUT2D eigenvalue weighted by Crippen LogP contribution is -2.27. The third-order valence-corrected chi connectivity index (χ3v) is 3.48. The summed E-state index contributed by atoms with van der Waals surface area (Å²) < 4.78 is 0. The van der Waals surface area contributed by atoms with E-state index in [2.05, 4.69) is 50.0 Å². The van der Waals surface area contributed by atoms with Gasteiger partial charge in [0.2, 0.25) is 5.91 Å². The first-order chi connectivity index (χ1) is 9.88. The maximum absolute atomic E-state index is 11.2.